The van der Waals surface area contributed by atoms with E-state index in [0.717, 1.165) is 11.1 Å². The molecule has 0 bridgehead atoms. The second kappa shape index (κ2) is 4.60. The highest BCUT2D eigenvalue weighted by molar-refractivity contribution is 7.78. The van der Waals surface area contributed by atoms with Crippen LogP contribution in [0.15, 0.2) is 35.8 Å². The summed E-state index contributed by atoms with van der Waals surface area (Å²) < 4.78 is 0. The number of hydrogen-bond donors (Lipinski definition) is 0. The van der Waals surface area contributed by atoms with Gasteiger partial charge in [-0.1, -0.05) is 36.9 Å². The third kappa shape index (κ3) is 2.42. The molecule has 0 aliphatic rings. The molecule has 1 rings (SSSR count). The number of hydrogen-bond acceptors (Lipinski definition) is 2. The van der Waals surface area contributed by atoms with E-state index < -0.39 is 0 Å². The zero-order chi connectivity index (χ0) is 8.81. The number of aliphatic imine (C=N–C) groups is 1. The summed E-state index contributed by atoms with van der Waals surface area (Å²) in [5.74, 6) is 0. The Hall–Kier alpha value is -1.24. The standard InChI is InChI=1S/C10H9NS/c1-2-9-3-5-10(6-4-9)7-11-8-12/h2-6H,1,7H2. The van der Waals surface area contributed by atoms with Gasteiger partial charge in [0.05, 0.1) is 11.7 Å². The van der Waals surface area contributed by atoms with Crippen LogP contribution in [0.25, 0.3) is 6.08 Å². The lowest BCUT2D eigenvalue weighted by Crippen LogP contribution is -1.80. The third-order valence-corrected chi connectivity index (χ3v) is 1.67. The number of isothiocyanates is 1. The average molecular weight is 175 g/mol. The van der Waals surface area contributed by atoms with Crippen molar-refractivity contribution in [1.82, 2.24) is 0 Å². The predicted octanol–water partition coefficient (Wildman–Crippen LogP) is 2.93. The van der Waals surface area contributed by atoms with Gasteiger partial charge in [0.2, 0.25) is 0 Å². The number of nitrogens with zero attached hydrogens (tertiary/aromatic N) is 1. The summed E-state index contributed by atoms with van der Waals surface area (Å²) in [6.45, 7) is 4.28. The minimum atomic E-state index is 0.612. The van der Waals surface area contributed by atoms with Crippen LogP contribution in [0.2, 0.25) is 0 Å². The molecule has 1 aromatic rings. The maximum Gasteiger partial charge on any atom is 0.0743 e. The van der Waals surface area contributed by atoms with E-state index in [1.165, 1.54) is 0 Å². The quantitative estimate of drug-likeness (QED) is 0.508. The van der Waals surface area contributed by atoms with Gasteiger partial charge in [-0.3, -0.25) is 0 Å². The van der Waals surface area contributed by atoms with Gasteiger partial charge in [-0.15, -0.1) is 0 Å². The molecule has 0 saturated carbocycles. The van der Waals surface area contributed by atoms with Crippen molar-refractivity contribution in [3.8, 4) is 0 Å². The first-order valence-corrected chi connectivity index (χ1v) is 4.02. The summed E-state index contributed by atoms with van der Waals surface area (Å²) in [7, 11) is 0. The van der Waals surface area contributed by atoms with Gasteiger partial charge < -0.3 is 0 Å². The number of thiocarbonyl (C=S) groups is 1. The first kappa shape index (κ1) is 8.85. The first-order chi connectivity index (χ1) is 5.86. The molecule has 0 aliphatic heterocycles. The molecule has 0 heterocycles. The van der Waals surface area contributed by atoms with Crippen LogP contribution in [0.4, 0.5) is 0 Å². The van der Waals surface area contributed by atoms with Crippen molar-refractivity contribution in [3.05, 3.63) is 42.0 Å². The SMILES string of the molecule is C=Cc1ccc(CN=C=S)cc1. The monoisotopic (exact) mass is 175 g/mol. The molecule has 1 nitrogen and oxygen atoms in total. The molecule has 0 aromatic heterocycles. The van der Waals surface area contributed by atoms with Gasteiger partial charge in [0.1, 0.15) is 0 Å². The Bertz CT molecular complexity index is 307. The molecule has 0 unspecified atom stereocenters. The van der Waals surface area contributed by atoms with Crippen molar-refractivity contribution >= 4 is 23.5 Å². The van der Waals surface area contributed by atoms with E-state index in [1.807, 2.05) is 30.3 Å². The van der Waals surface area contributed by atoms with Gasteiger partial charge in [-0.2, -0.15) is 0 Å². The predicted molar refractivity (Wildman–Crippen MR) is 55.3 cm³/mol. The molecular formula is C10H9NS. The Kier molecular flexibility index (Phi) is 3.39. The molecule has 0 saturated heterocycles. The Morgan fingerprint density at radius 2 is 2.08 bits per heavy atom. The smallest absolute Gasteiger partial charge is 0.0743 e. The van der Waals surface area contributed by atoms with E-state index in [9.17, 15) is 0 Å². The fourth-order valence-electron chi connectivity index (χ4n) is 0.883. The van der Waals surface area contributed by atoms with Gasteiger partial charge in [0, 0.05) is 0 Å². The second-order valence-corrected chi connectivity index (χ2v) is 2.54. The first-order valence-electron chi connectivity index (χ1n) is 3.62. The van der Waals surface area contributed by atoms with Crippen molar-refractivity contribution in [2.75, 3.05) is 0 Å². The molecular weight excluding hydrogens is 166 g/mol. The molecule has 0 radical (unpaired) electrons. The van der Waals surface area contributed by atoms with Gasteiger partial charge >= 0.3 is 0 Å². The highest BCUT2D eigenvalue weighted by Gasteiger charge is 1.89. The number of benzene rings is 1. The third-order valence-electron chi connectivity index (χ3n) is 1.54. The van der Waals surface area contributed by atoms with E-state index in [1.54, 1.807) is 0 Å². The minimum Gasteiger partial charge on any atom is -0.228 e. The Balaban J connectivity index is 2.77. The van der Waals surface area contributed by atoms with Crippen LogP contribution in [0.1, 0.15) is 11.1 Å². The van der Waals surface area contributed by atoms with Crippen molar-refractivity contribution in [2.45, 2.75) is 6.54 Å². The zero-order valence-corrected chi connectivity index (χ0v) is 7.47. The topological polar surface area (TPSA) is 12.4 Å². The van der Waals surface area contributed by atoms with Crippen molar-refractivity contribution in [3.63, 3.8) is 0 Å². The lowest BCUT2D eigenvalue weighted by atomic mass is 10.1. The fraction of sp³-hybridized carbons (Fsp3) is 0.100. The summed E-state index contributed by atoms with van der Waals surface area (Å²) in [5.41, 5.74) is 2.25. The zero-order valence-electron chi connectivity index (χ0n) is 6.66. The normalized spacial score (nSPS) is 8.67. The average Bonchev–Trinajstić information content (AvgIpc) is 2.15. The molecule has 0 amide bonds. The highest BCUT2D eigenvalue weighted by Crippen LogP contribution is 2.05. The van der Waals surface area contributed by atoms with Crippen molar-refractivity contribution in [1.29, 1.82) is 0 Å². The van der Waals surface area contributed by atoms with Crippen LogP contribution in [0.5, 0.6) is 0 Å². The van der Waals surface area contributed by atoms with Crippen LogP contribution < -0.4 is 0 Å². The second-order valence-electron chi connectivity index (χ2n) is 2.35. The molecule has 12 heavy (non-hydrogen) atoms. The van der Waals surface area contributed by atoms with Gasteiger partial charge in [-0.25, -0.2) is 4.99 Å². The Labute approximate surface area is 77.5 Å². The minimum absolute atomic E-state index is 0.612. The van der Waals surface area contributed by atoms with Gasteiger partial charge in [-0.05, 0) is 23.3 Å². The molecule has 0 spiro atoms. The summed E-state index contributed by atoms with van der Waals surface area (Å²) in [6.07, 6.45) is 1.81. The lowest BCUT2D eigenvalue weighted by Gasteiger charge is -1.95. The summed E-state index contributed by atoms with van der Waals surface area (Å²) in [6, 6.07) is 8.02. The Morgan fingerprint density at radius 1 is 1.42 bits per heavy atom. The van der Waals surface area contributed by atoms with Crippen LogP contribution in [0.3, 0.4) is 0 Å². The van der Waals surface area contributed by atoms with E-state index >= 15 is 0 Å². The summed E-state index contributed by atoms with van der Waals surface area (Å²) in [4.78, 5) is 3.84. The summed E-state index contributed by atoms with van der Waals surface area (Å²) in [5, 5.41) is 2.33. The van der Waals surface area contributed by atoms with E-state index in [0.29, 0.717) is 6.54 Å². The lowest BCUT2D eigenvalue weighted by molar-refractivity contribution is 1.08. The number of rotatable bonds is 3. The molecule has 1 aromatic carbocycles. The summed E-state index contributed by atoms with van der Waals surface area (Å²) >= 11 is 4.47. The maximum atomic E-state index is 4.47. The largest absolute Gasteiger partial charge is 0.228 e. The molecule has 2 heteroatoms. The maximum absolute atomic E-state index is 4.47. The van der Waals surface area contributed by atoms with Crippen LogP contribution in [-0.4, -0.2) is 5.16 Å². The van der Waals surface area contributed by atoms with Crippen molar-refractivity contribution < 1.29 is 0 Å². The molecule has 0 N–H and O–H groups in total. The molecule has 60 valence electrons. The van der Waals surface area contributed by atoms with Crippen molar-refractivity contribution in [2.24, 2.45) is 4.99 Å². The van der Waals surface area contributed by atoms with Gasteiger partial charge in [0.15, 0.2) is 0 Å². The molecule has 0 atom stereocenters. The van der Waals surface area contributed by atoms with E-state index in [4.69, 9.17) is 0 Å². The van der Waals surface area contributed by atoms with Gasteiger partial charge in [0.25, 0.3) is 0 Å². The van der Waals surface area contributed by atoms with E-state index in [2.05, 4.69) is 29.0 Å². The van der Waals surface area contributed by atoms with Crippen LogP contribution in [-0.2, 0) is 6.54 Å². The van der Waals surface area contributed by atoms with Crippen LogP contribution >= 0.6 is 12.2 Å². The highest BCUT2D eigenvalue weighted by atomic mass is 32.1. The fourth-order valence-corrected chi connectivity index (χ4v) is 0.947. The Morgan fingerprint density at radius 3 is 2.58 bits per heavy atom. The molecule has 0 aliphatic carbocycles. The van der Waals surface area contributed by atoms with Crippen LogP contribution in [0, 0.1) is 0 Å². The van der Waals surface area contributed by atoms with E-state index in [-0.39, 0.29) is 0 Å². The molecule has 0 fully saturated rings.